The number of amides is 1. The van der Waals surface area contributed by atoms with Gasteiger partial charge in [0.2, 0.25) is 15.9 Å². The predicted molar refractivity (Wildman–Crippen MR) is 105 cm³/mol. The predicted octanol–water partition coefficient (Wildman–Crippen LogP) is 3.73. The number of rotatable bonds is 7. The third-order valence-electron chi connectivity index (χ3n) is 3.78. The lowest BCUT2D eigenvalue weighted by atomic mass is 10.1. The third-order valence-corrected chi connectivity index (χ3v) is 5.75. The van der Waals surface area contributed by atoms with E-state index in [1.165, 1.54) is 36.0 Å². The van der Waals surface area contributed by atoms with Crippen molar-refractivity contribution >= 4 is 39.1 Å². The van der Waals surface area contributed by atoms with E-state index in [1.807, 2.05) is 18.4 Å². The number of benzene rings is 2. The van der Waals surface area contributed by atoms with Crippen molar-refractivity contribution < 1.29 is 17.6 Å². The van der Waals surface area contributed by atoms with Crippen LogP contribution in [0.1, 0.15) is 13.3 Å². The van der Waals surface area contributed by atoms with Crippen LogP contribution >= 0.6 is 11.8 Å². The Balaban J connectivity index is 2.38. The molecule has 0 saturated carbocycles. The van der Waals surface area contributed by atoms with E-state index in [4.69, 9.17) is 0 Å². The highest BCUT2D eigenvalue weighted by molar-refractivity contribution is 7.98. The summed E-state index contributed by atoms with van der Waals surface area (Å²) in [4.78, 5) is 13.7. The summed E-state index contributed by atoms with van der Waals surface area (Å²) in [7, 11) is -3.75. The van der Waals surface area contributed by atoms with Crippen LogP contribution in [0.2, 0.25) is 0 Å². The molecular formula is C18H21FN2O3S2. The number of thioether (sulfide) groups is 1. The van der Waals surface area contributed by atoms with Gasteiger partial charge < -0.3 is 5.32 Å². The number of carbonyl (C=O) groups excluding carboxylic acids is 1. The Labute approximate surface area is 157 Å². The number of halogens is 1. The SMILES string of the molecule is CC[C@H](C(=O)Nc1ccccc1SC)N(c1ccc(F)cc1)S(C)(=O)=O. The average molecular weight is 397 g/mol. The minimum Gasteiger partial charge on any atom is -0.323 e. The molecule has 0 bridgehead atoms. The van der Waals surface area contributed by atoms with Gasteiger partial charge in [-0.3, -0.25) is 9.10 Å². The third kappa shape index (κ3) is 4.76. The molecule has 5 nitrogen and oxygen atoms in total. The Morgan fingerprint density at radius 2 is 1.81 bits per heavy atom. The smallest absolute Gasteiger partial charge is 0.248 e. The molecule has 0 aliphatic rings. The largest absolute Gasteiger partial charge is 0.323 e. The summed E-state index contributed by atoms with van der Waals surface area (Å²) in [5, 5.41) is 2.81. The maximum Gasteiger partial charge on any atom is 0.248 e. The standard InChI is InChI=1S/C18H21FN2O3S2/c1-4-16(18(22)20-15-7-5-6-8-17(15)25-2)21(26(3,23)24)14-11-9-13(19)10-12-14/h5-12,16H,4H2,1-3H3,(H,20,22)/t16-/m1/s1. The highest BCUT2D eigenvalue weighted by Crippen LogP contribution is 2.27. The number of hydrogen-bond donors (Lipinski definition) is 1. The summed E-state index contributed by atoms with van der Waals surface area (Å²) in [6.07, 6.45) is 3.18. The molecule has 26 heavy (non-hydrogen) atoms. The molecule has 140 valence electrons. The van der Waals surface area contributed by atoms with Crippen LogP contribution < -0.4 is 9.62 Å². The Morgan fingerprint density at radius 1 is 1.19 bits per heavy atom. The Hall–Kier alpha value is -2.06. The van der Waals surface area contributed by atoms with Crippen LogP contribution in [0.3, 0.4) is 0 Å². The first-order valence-electron chi connectivity index (χ1n) is 7.96. The zero-order valence-corrected chi connectivity index (χ0v) is 16.4. The van der Waals surface area contributed by atoms with Gasteiger partial charge in [-0.15, -0.1) is 11.8 Å². The van der Waals surface area contributed by atoms with Crippen LogP contribution in [-0.2, 0) is 14.8 Å². The maximum atomic E-state index is 13.2. The van der Waals surface area contributed by atoms with Crippen molar-refractivity contribution in [3.05, 3.63) is 54.3 Å². The minimum atomic E-state index is -3.75. The van der Waals surface area contributed by atoms with E-state index in [1.54, 1.807) is 19.1 Å². The lowest BCUT2D eigenvalue weighted by molar-refractivity contribution is -0.117. The van der Waals surface area contributed by atoms with Crippen molar-refractivity contribution in [2.24, 2.45) is 0 Å². The lowest BCUT2D eigenvalue weighted by Gasteiger charge is -2.30. The molecule has 8 heteroatoms. The zero-order chi connectivity index (χ0) is 19.3. The Morgan fingerprint density at radius 3 is 2.35 bits per heavy atom. The lowest BCUT2D eigenvalue weighted by Crippen LogP contribution is -2.47. The van der Waals surface area contributed by atoms with Gasteiger partial charge in [0.25, 0.3) is 0 Å². The van der Waals surface area contributed by atoms with Crippen molar-refractivity contribution in [3.63, 3.8) is 0 Å². The molecule has 0 aliphatic carbocycles. The number of nitrogens with one attached hydrogen (secondary N) is 1. The van der Waals surface area contributed by atoms with Crippen molar-refractivity contribution in [2.45, 2.75) is 24.3 Å². The van der Waals surface area contributed by atoms with Crippen LogP contribution in [0.4, 0.5) is 15.8 Å². The number of carbonyl (C=O) groups is 1. The molecule has 0 radical (unpaired) electrons. The molecule has 2 aromatic rings. The van der Waals surface area contributed by atoms with Crippen molar-refractivity contribution in [3.8, 4) is 0 Å². The first kappa shape index (κ1) is 20.3. The molecule has 1 atom stereocenters. The van der Waals surface area contributed by atoms with Gasteiger partial charge >= 0.3 is 0 Å². The molecule has 2 rings (SSSR count). The fraction of sp³-hybridized carbons (Fsp3) is 0.278. The van der Waals surface area contributed by atoms with Crippen molar-refractivity contribution in [2.75, 3.05) is 22.1 Å². The van der Waals surface area contributed by atoms with Crippen LogP contribution in [0.25, 0.3) is 0 Å². The number of para-hydroxylation sites is 1. The monoisotopic (exact) mass is 396 g/mol. The van der Waals surface area contributed by atoms with E-state index >= 15 is 0 Å². The number of sulfonamides is 1. The summed E-state index contributed by atoms with van der Waals surface area (Å²) in [5.74, 6) is -0.919. The van der Waals surface area contributed by atoms with E-state index in [-0.39, 0.29) is 12.1 Å². The first-order valence-corrected chi connectivity index (χ1v) is 11.0. The fourth-order valence-electron chi connectivity index (χ4n) is 2.61. The second-order valence-electron chi connectivity index (χ2n) is 5.65. The van der Waals surface area contributed by atoms with Gasteiger partial charge in [-0.1, -0.05) is 19.1 Å². The number of nitrogens with zero attached hydrogens (tertiary/aromatic N) is 1. The van der Waals surface area contributed by atoms with Gasteiger partial charge in [0.15, 0.2) is 0 Å². The van der Waals surface area contributed by atoms with Gasteiger partial charge in [0.05, 0.1) is 17.6 Å². The molecule has 0 unspecified atom stereocenters. The average Bonchev–Trinajstić information content (AvgIpc) is 2.60. The number of anilines is 2. The van der Waals surface area contributed by atoms with Crippen molar-refractivity contribution in [1.82, 2.24) is 0 Å². The summed E-state index contributed by atoms with van der Waals surface area (Å²) < 4.78 is 38.9. The highest BCUT2D eigenvalue weighted by Gasteiger charge is 2.31. The minimum absolute atomic E-state index is 0.244. The van der Waals surface area contributed by atoms with Gasteiger partial charge in [-0.2, -0.15) is 0 Å². The fourth-order valence-corrected chi connectivity index (χ4v) is 4.38. The van der Waals surface area contributed by atoms with Crippen LogP contribution in [0, 0.1) is 5.82 Å². The molecule has 0 fully saturated rings. The Bertz CT molecular complexity index is 870. The highest BCUT2D eigenvalue weighted by atomic mass is 32.2. The Kier molecular flexibility index (Phi) is 6.66. The van der Waals surface area contributed by atoms with E-state index in [9.17, 15) is 17.6 Å². The molecule has 1 N–H and O–H groups in total. The quantitative estimate of drug-likeness (QED) is 0.724. The van der Waals surface area contributed by atoms with Crippen LogP contribution in [0.15, 0.2) is 53.4 Å². The second kappa shape index (κ2) is 8.55. The summed E-state index contributed by atoms with van der Waals surface area (Å²) in [6, 6.07) is 11.4. The van der Waals surface area contributed by atoms with E-state index in [0.717, 1.165) is 15.5 Å². The molecule has 0 saturated heterocycles. The van der Waals surface area contributed by atoms with Gasteiger partial charge in [0, 0.05) is 4.90 Å². The summed E-state index contributed by atoms with van der Waals surface area (Å²) >= 11 is 1.48. The zero-order valence-electron chi connectivity index (χ0n) is 14.8. The van der Waals surface area contributed by atoms with E-state index in [2.05, 4.69) is 5.32 Å². The molecule has 0 aromatic heterocycles. The molecule has 0 heterocycles. The second-order valence-corrected chi connectivity index (χ2v) is 8.36. The van der Waals surface area contributed by atoms with Crippen LogP contribution in [-0.4, -0.2) is 32.9 Å². The summed E-state index contributed by atoms with van der Waals surface area (Å²) in [5.41, 5.74) is 0.866. The molecule has 0 aliphatic heterocycles. The molecular weight excluding hydrogens is 375 g/mol. The maximum absolute atomic E-state index is 13.2. The summed E-state index contributed by atoms with van der Waals surface area (Å²) in [6.45, 7) is 1.73. The number of hydrogen-bond acceptors (Lipinski definition) is 4. The first-order chi connectivity index (χ1) is 12.3. The van der Waals surface area contributed by atoms with Gasteiger partial charge in [-0.05, 0) is 49.1 Å². The topological polar surface area (TPSA) is 66.5 Å². The van der Waals surface area contributed by atoms with Gasteiger partial charge in [0.1, 0.15) is 11.9 Å². The molecule has 1 amide bonds. The molecule has 0 spiro atoms. The van der Waals surface area contributed by atoms with Gasteiger partial charge in [-0.25, -0.2) is 12.8 Å². The van der Waals surface area contributed by atoms with Crippen LogP contribution in [0.5, 0.6) is 0 Å². The van der Waals surface area contributed by atoms with E-state index < -0.39 is 27.8 Å². The molecule has 2 aromatic carbocycles. The van der Waals surface area contributed by atoms with E-state index in [0.29, 0.717) is 5.69 Å². The van der Waals surface area contributed by atoms with Crippen molar-refractivity contribution in [1.29, 1.82) is 0 Å². The normalized spacial score (nSPS) is 12.5.